The third-order valence-electron chi connectivity index (χ3n) is 1.64. The molecule has 92 valence electrons. The van der Waals surface area contributed by atoms with Crippen molar-refractivity contribution >= 4 is 14.0 Å². The van der Waals surface area contributed by atoms with Gasteiger partial charge in [0.2, 0.25) is 0 Å². The summed E-state index contributed by atoms with van der Waals surface area (Å²) in [5, 5.41) is 0. The lowest BCUT2D eigenvalue weighted by Gasteiger charge is -2.12. The topological polar surface area (TPSA) is 35.5 Å². The van der Waals surface area contributed by atoms with E-state index in [0.717, 1.165) is 0 Å². The first-order valence-corrected chi connectivity index (χ1v) is 9.00. The van der Waals surface area contributed by atoms with Gasteiger partial charge in [-0.25, -0.2) is 4.79 Å². The lowest BCUT2D eigenvalue weighted by molar-refractivity contribution is -0.151. The molecule has 0 aromatic rings. The van der Waals surface area contributed by atoms with Crippen molar-refractivity contribution in [1.82, 2.24) is 0 Å². The summed E-state index contributed by atoms with van der Waals surface area (Å²) in [6, 6.07) is 0. The molecule has 0 bridgehead atoms. The van der Waals surface area contributed by atoms with Crippen LogP contribution in [-0.2, 0) is 14.3 Å². The minimum absolute atomic E-state index is 0.0167. The van der Waals surface area contributed by atoms with E-state index in [1.54, 1.807) is 6.08 Å². The molecule has 16 heavy (non-hydrogen) atoms. The van der Waals surface area contributed by atoms with E-state index in [4.69, 9.17) is 9.47 Å². The summed E-state index contributed by atoms with van der Waals surface area (Å²) in [7, 11) is -1.22. The van der Waals surface area contributed by atoms with Gasteiger partial charge < -0.3 is 9.47 Å². The van der Waals surface area contributed by atoms with Gasteiger partial charge in [-0.2, -0.15) is 0 Å². The van der Waals surface area contributed by atoms with Gasteiger partial charge >= 0.3 is 5.97 Å². The predicted octanol–water partition coefficient (Wildman–Crippen LogP) is 2.55. The van der Waals surface area contributed by atoms with Crippen LogP contribution in [-0.4, -0.2) is 33.4 Å². The Bertz CT molecular complexity index is 253. The van der Waals surface area contributed by atoms with E-state index in [1.807, 2.05) is 13.0 Å². The van der Waals surface area contributed by atoms with Crippen LogP contribution in [0.1, 0.15) is 6.92 Å². The fourth-order valence-electron chi connectivity index (χ4n) is 0.930. The fraction of sp³-hybridized carbons (Fsp3) is 0.583. The number of carbonyl (C=O) groups excluding carboxylic acids is 1. The molecule has 0 amide bonds. The van der Waals surface area contributed by atoms with E-state index in [-0.39, 0.29) is 18.7 Å². The van der Waals surface area contributed by atoms with E-state index < -0.39 is 8.07 Å². The molecule has 0 aliphatic carbocycles. The predicted molar refractivity (Wildman–Crippen MR) is 69.1 cm³/mol. The van der Waals surface area contributed by atoms with Gasteiger partial charge in [0.15, 0.2) is 0 Å². The summed E-state index contributed by atoms with van der Waals surface area (Å²) in [6.45, 7) is 12.4. The Kier molecular flexibility index (Phi) is 7.00. The minimum Gasteiger partial charge on any atom is -0.457 e. The maximum absolute atomic E-state index is 11.2. The zero-order valence-corrected chi connectivity index (χ0v) is 11.7. The van der Waals surface area contributed by atoms with Gasteiger partial charge in [0.1, 0.15) is 12.7 Å². The quantitative estimate of drug-likeness (QED) is 0.298. The van der Waals surface area contributed by atoms with Crippen molar-refractivity contribution in [3.8, 4) is 0 Å². The van der Waals surface area contributed by atoms with Gasteiger partial charge in [0.05, 0.1) is 14.7 Å². The van der Waals surface area contributed by atoms with Crippen LogP contribution in [0.2, 0.25) is 19.6 Å². The molecule has 4 heteroatoms. The number of carbonyl (C=O) groups is 1. The standard InChI is InChI=1S/C12H22O3Si/c1-6-8-14-10-12(13)15-11(2)7-9-16(3,4)5/h6-7,9,11H,1,8,10H2,2-5H3/b9-7+/t11-/m0/s1. The highest BCUT2D eigenvalue weighted by Crippen LogP contribution is 2.04. The molecule has 0 saturated carbocycles. The van der Waals surface area contributed by atoms with Crippen molar-refractivity contribution in [2.24, 2.45) is 0 Å². The van der Waals surface area contributed by atoms with Gasteiger partial charge in [-0.15, -0.1) is 6.58 Å². The normalized spacial score (nSPS) is 13.8. The van der Waals surface area contributed by atoms with Crippen LogP contribution in [0, 0.1) is 0 Å². The molecule has 0 aromatic carbocycles. The average Bonchev–Trinajstić information content (AvgIpc) is 2.14. The van der Waals surface area contributed by atoms with Gasteiger partial charge in [-0.05, 0) is 6.92 Å². The second kappa shape index (κ2) is 7.41. The summed E-state index contributed by atoms with van der Waals surface area (Å²) in [6.07, 6.45) is 3.35. The second-order valence-electron chi connectivity index (χ2n) is 4.72. The monoisotopic (exact) mass is 242 g/mol. The second-order valence-corrected chi connectivity index (χ2v) is 9.79. The summed E-state index contributed by atoms with van der Waals surface area (Å²) in [5.74, 6) is -0.338. The van der Waals surface area contributed by atoms with Gasteiger partial charge in [0.25, 0.3) is 0 Å². The summed E-state index contributed by atoms with van der Waals surface area (Å²) < 4.78 is 10.1. The number of ether oxygens (including phenoxy) is 2. The Hall–Kier alpha value is -0.873. The van der Waals surface area contributed by atoms with Crippen LogP contribution >= 0.6 is 0 Å². The molecule has 0 aliphatic heterocycles. The van der Waals surface area contributed by atoms with Crippen LogP contribution < -0.4 is 0 Å². The molecule has 0 N–H and O–H groups in total. The Labute approximate surface area is 99.1 Å². The van der Waals surface area contributed by atoms with Gasteiger partial charge in [-0.3, -0.25) is 0 Å². The van der Waals surface area contributed by atoms with E-state index in [9.17, 15) is 4.79 Å². The number of rotatable bonds is 7. The highest BCUT2D eigenvalue weighted by atomic mass is 28.3. The molecular weight excluding hydrogens is 220 g/mol. The summed E-state index contributed by atoms with van der Waals surface area (Å²) in [4.78, 5) is 11.2. The molecule has 0 rings (SSSR count). The SMILES string of the molecule is C=CCOCC(=O)O[C@@H](C)/C=C/[Si](C)(C)C. The molecule has 1 atom stereocenters. The van der Waals surface area contributed by atoms with Crippen LogP contribution in [0.15, 0.2) is 24.4 Å². The van der Waals surface area contributed by atoms with Crippen molar-refractivity contribution < 1.29 is 14.3 Å². The molecule has 0 radical (unpaired) electrons. The molecule has 0 heterocycles. The Morgan fingerprint density at radius 1 is 1.44 bits per heavy atom. The third kappa shape index (κ3) is 9.67. The molecule has 0 spiro atoms. The summed E-state index contributed by atoms with van der Waals surface area (Å²) in [5.41, 5.74) is 2.16. The molecule has 0 fully saturated rings. The minimum atomic E-state index is -1.22. The number of esters is 1. The first-order chi connectivity index (χ1) is 7.35. The maximum Gasteiger partial charge on any atom is 0.332 e. The molecule has 3 nitrogen and oxygen atoms in total. The number of hydrogen-bond donors (Lipinski definition) is 0. The van der Waals surface area contributed by atoms with Gasteiger partial charge in [-0.1, -0.05) is 37.5 Å². The van der Waals surface area contributed by atoms with Crippen molar-refractivity contribution in [2.45, 2.75) is 32.7 Å². The Morgan fingerprint density at radius 2 is 2.06 bits per heavy atom. The number of hydrogen-bond acceptors (Lipinski definition) is 3. The smallest absolute Gasteiger partial charge is 0.332 e. The zero-order valence-electron chi connectivity index (χ0n) is 10.7. The third-order valence-corrected chi connectivity index (χ3v) is 2.83. The van der Waals surface area contributed by atoms with Crippen LogP contribution in [0.4, 0.5) is 0 Å². The summed E-state index contributed by atoms with van der Waals surface area (Å²) >= 11 is 0. The Balaban J connectivity index is 3.86. The van der Waals surface area contributed by atoms with Crippen molar-refractivity contribution in [3.63, 3.8) is 0 Å². The zero-order chi connectivity index (χ0) is 12.6. The molecule has 0 aromatic heterocycles. The Morgan fingerprint density at radius 3 is 2.56 bits per heavy atom. The average molecular weight is 242 g/mol. The first kappa shape index (κ1) is 15.1. The van der Waals surface area contributed by atoms with Crippen LogP contribution in [0.5, 0.6) is 0 Å². The van der Waals surface area contributed by atoms with E-state index in [0.29, 0.717) is 6.61 Å². The maximum atomic E-state index is 11.2. The molecule has 0 aliphatic rings. The van der Waals surface area contributed by atoms with Crippen molar-refractivity contribution in [3.05, 3.63) is 24.4 Å². The molecular formula is C12H22O3Si. The highest BCUT2D eigenvalue weighted by molar-refractivity contribution is 6.80. The highest BCUT2D eigenvalue weighted by Gasteiger charge is 2.10. The van der Waals surface area contributed by atoms with Crippen LogP contribution in [0.3, 0.4) is 0 Å². The first-order valence-electron chi connectivity index (χ1n) is 5.42. The van der Waals surface area contributed by atoms with E-state index >= 15 is 0 Å². The van der Waals surface area contributed by atoms with Crippen molar-refractivity contribution in [2.75, 3.05) is 13.2 Å². The van der Waals surface area contributed by atoms with Crippen LogP contribution in [0.25, 0.3) is 0 Å². The molecule has 0 saturated heterocycles. The largest absolute Gasteiger partial charge is 0.457 e. The lowest BCUT2D eigenvalue weighted by Crippen LogP contribution is -2.20. The van der Waals surface area contributed by atoms with E-state index in [2.05, 4.69) is 31.9 Å². The van der Waals surface area contributed by atoms with Crippen molar-refractivity contribution in [1.29, 1.82) is 0 Å². The fourth-order valence-corrected chi connectivity index (χ4v) is 1.78. The van der Waals surface area contributed by atoms with E-state index in [1.165, 1.54) is 0 Å². The molecule has 0 unspecified atom stereocenters. The van der Waals surface area contributed by atoms with Gasteiger partial charge in [0, 0.05) is 0 Å². The lowest BCUT2D eigenvalue weighted by atomic mass is 10.4.